The van der Waals surface area contributed by atoms with E-state index in [9.17, 15) is 0 Å². The predicted octanol–water partition coefficient (Wildman–Crippen LogP) is 3.06. The van der Waals surface area contributed by atoms with Crippen molar-refractivity contribution in [3.8, 4) is 5.69 Å². The number of halogens is 1. The SMILES string of the molecule is CCNC(=NCc1nncn1-c1ccccc1)NCCCN1CCC(C)CC1.I. The number of rotatable bonds is 8. The van der Waals surface area contributed by atoms with E-state index in [1.807, 2.05) is 34.9 Å². The van der Waals surface area contributed by atoms with Crippen molar-refractivity contribution in [2.75, 3.05) is 32.7 Å². The molecule has 0 bridgehead atoms. The van der Waals surface area contributed by atoms with Crippen LogP contribution < -0.4 is 10.6 Å². The lowest BCUT2D eigenvalue weighted by Gasteiger charge is -2.30. The molecule has 0 spiro atoms. The van der Waals surface area contributed by atoms with Crippen LogP contribution in [0.25, 0.3) is 5.69 Å². The van der Waals surface area contributed by atoms with Gasteiger partial charge in [0.05, 0.1) is 0 Å². The standard InChI is InChI=1S/C21H33N7.HI/c1-3-22-21(23-12-7-13-27-14-10-18(2)11-15-27)24-16-20-26-25-17-28(20)19-8-5-4-6-9-19;/h4-6,8-9,17-18H,3,7,10-16H2,1-2H3,(H2,22,23,24);1H. The lowest BCUT2D eigenvalue weighted by atomic mass is 9.99. The first-order valence-electron chi connectivity index (χ1n) is 10.4. The zero-order chi connectivity index (χ0) is 19.6. The van der Waals surface area contributed by atoms with Crippen LogP contribution in [0.15, 0.2) is 41.7 Å². The summed E-state index contributed by atoms with van der Waals surface area (Å²) in [5, 5.41) is 15.0. The molecule has 3 rings (SSSR count). The topological polar surface area (TPSA) is 70.4 Å². The Bertz CT molecular complexity index is 724. The first-order valence-corrected chi connectivity index (χ1v) is 10.4. The molecule has 1 aliphatic rings. The van der Waals surface area contributed by atoms with Gasteiger partial charge in [-0.05, 0) is 63.9 Å². The molecule has 7 nitrogen and oxygen atoms in total. The molecule has 0 aliphatic carbocycles. The third-order valence-electron chi connectivity index (χ3n) is 5.20. The zero-order valence-electron chi connectivity index (χ0n) is 17.5. The fraction of sp³-hybridized carbons (Fsp3) is 0.571. The molecule has 1 fully saturated rings. The van der Waals surface area contributed by atoms with Gasteiger partial charge in [0.1, 0.15) is 12.9 Å². The number of aromatic nitrogens is 3. The van der Waals surface area contributed by atoms with E-state index in [2.05, 4.69) is 39.6 Å². The molecule has 2 heterocycles. The lowest BCUT2D eigenvalue weighted by Crippen LogP contribution is -2.39. The second kappa shape index (κ2) is 12.8. The minimum absolute atomic E-state index is 0. The fourth-order valence-electron chi connectivity index (χ4n) is 3.46. The molecule has 0 radical (unpaired) electrons. The van der Waals surface area contributed by atoms with Crippen LogP contribution in [0.4, 0.5) is 0 Å². The molecule has 29 heavy (non-hydrogen) atoms. The molecule has 2 aromatic rings. The summed E-state index contributed by atoms with van der Waals surface area (Å²) >= 11 is 0. The summed E-state index contributed by atoms with van der Waals surface area (Å²) in [6.45, 7) is 10.3. The Labute approximate surface area is 191 Å². The minimum atomic E-state index is 0. The van der Waals surface area contributed by atoms with E-state index in [-0.39, 0.29) is 24.0 Å². The van der Waals surface area contributed by atoms with E-state index in [4.69, 9.17) is 4.99 Å². The minimum Gasteiger partial charge on any atom is -0.357 e. The van der Waals surface area contributed by atoms with Gasteiger partial charge in [-0.15, -0.1) is 34.2 Å². The van der Waals surface area contributed by atoms with Gasteiger partial charge in [-0.2, -0.15) is 0 Å². The molecular formula is C21H34IN7. The number of para-hydroxylation sites is 1. The second-order valence-electron chi connectivity index (χ2n) is 7.45. The van der Waals surface area contributed by atoms with E-state index >= 15 is 0 Å². The number of piperidine rings is 1. The monoisotopic (exact) mass is 511 g/mol. The predicted molar refractivity (Wildman–Crippen MR) is 129 cm³/mol. The van der Waals surface area contributed by atoms with Crippen molar-refractivity contribution in [2.45, 2.75) is 39.7 Å². The Balaban J connectivity index is 0.00000300. The molecule has 0 amide bonds. The highest BCUT2D eigenvalue weighted by Crippen LogP contribution is 2.15. The Morgan fingerprint density at radius 2 is 1.93 bits per heavy atom. The first-order chi connectivity index (χ1) is 13.8. The van der Waals surface area contributed by atoms with E-state index in [1.165, 1.54) is 25.9 Å². The average molecular weight is 511 g/mol. The normalized spacial score (nSPS) is 15.7. The van der Waals surface area contributed by atoms with Crippen molar-refractivity contribution in [2.24, 2.45) is 10.9 Å². The maximum atomic E-state index is 4.69. The van der Waals surface area contributed by atoms with E-state index in [0.29, 0.717) is 6.54 Å². The smallest absolute Gasteiger partial charge is 0.191 e. The number of guanidine groups is 1. The largest absolute Gasteiger partial charge is 0.357 e. The molecule has 2 N–H and O–H groups in total. The van der Waals surface area contributed by atoms with Crippen LogP contribution in [0.2, 0.25) is 0 Å². The van der Waals surface area contributed by atoms with Gasteiger partial charge in [0.15, 0.2) is 11.8 Å². The van der Waals surface area contributed by atoms with Gasteiger partial charge in [0.2, 0.25) is 0 Å². The van der Waals surface area contributed by atoms with Crippen LogP contribution in [0.3, 0.4) is 0 Å². The van der Waals surface area contributed by atoms with Crippen molar-refractivity contribution in [3.63, 3.8) is 0 Å². The Morgan fingerprint density at radius 1 is 1.17 bits per heavy atom. The number of nitrogens with zero attached hydrogens (tertiary/aromatic N) is 5. The highest BCUT2D eigenvalue weighted by molar-refractivity contribution is 14.0. The summed E-state index contributed by atoms with van der Waals surface area (Å²) in [4.78, 5) is 7.27. The summed E-state index contributed by atoms with van der Waals surface area (Å²) in [6.07, 6.45) is 5.53. The van der Waals surface area contributed by atoms with Crippen molar-refractivity contribution < 1.29 is 0 Å². The average Bonchev–Trinajstić information content (AvgIpc) is 3.20. The molecule has 1 saturated heterocycles. The molecule has 1 aliphatic heterocycles. The zero-order valence-corrected chi connectivity index (χ0v) is 19.9. The quantitative estimate of drug-likeness (QED) is 0.247. The van der Waals surface area contributed by atoms with Gasteiger partial charge in [-0.1, -0.05) is 25.1 Å². The Kier molecular flexibility index (Phi) is 10.4. The van der Waals surface area contributed by atoms with Gasteiger partial charge in [-0.3, -0.25) is 4.57 Å². The summed E-state index contributed by atoms with van der Waals surface area (Å²) in [7, 11) is 0. The molecule has 8 heteroatoms. The summed E-state index contributed by atoms with van der Waals surface area (Å²) in [5.41, 5.74) is 1.05. The molecule has 0 atom stereocenters. The van der Waals surface area contributed by atoms with Crippen molar-refractivity contribution in [1.29, 1.82) is 0 Å². The van der Waals surface area contributed by atoms with E-state index in [1.54, 1.807) is 6.33 Å². The summed E-state index contributed by atoms with van der Waals surface area (Å²) < 4.78 is 1.98. The first kappa shape index (κ1) is 23.6. The van der Waals surface area contributed by atoms with Gasteiger partial charge >= 0.3 is 0 Å². The number of nitrogens with one attached hydrogen (secondary N) is 2. The summed E-state index contributed by atoms with van der Waals surface area (Å²) in [5.74, 6) is 2.54. The molecule has 0 unspecified atom stereocenters. The van der Waals surface area contributed by atoms with Gasteiger partial charge in [-0.25, -0.2) is 4.99 Å². The number of likely N-dealkylation sites (tertiary alicyclic amines) is 1. The van der Waals surface area contributed by atoms with E-state index in [0.717, 1.165) is 49.4 Å². The third-order valence-corrected chi connectivity index (χ3v) is 5.20. The Hall–Kier alpha value is -1.68. The number of hydrogen-bond acceptors (Lipinski definition) is 4. The maximum Gasteiger partial charge on any atom is 0.191 e. The van der Waals surface area contributed by atoms with Crippen molar-refractivity contribution in [3.05, 3.63) is 42.5 Å². The van der Waals surface area contributed by atoms with Gasteiger partial charge in [0, 0.05) is 18.8 Å². The van der Waals surface area contributed by atoms with Gasteiger partial charge < -0.3 is 15.5 Å². The maximum absolute atomic E-state index is 4.69. The van der Waals surface area contributed by atoms with Crippen LogP contribution in [0.5, 0.6) is 0 Å². The lowest BCUT2D eigenvalue weighted by molar-refractivity contribution is 0.191. The highest BCUT2D eigenvalue weighted by Gasteiger charge is 2.14. The summed E-state index contributed by atoms with van der Waals surface area (Å²) in [6, 6.07) is 10.1. The van der Waals surface area contributed by atoms with E-state index < -0.39 is 0 Å². The molecule has 160 valence electrons. The van der Waals surface area contributed by atoms with Crippen LogP contribution in [0, 0.1) is 5.92 Å². The van der Waals surface area contributed by atoms with Crippen LogP contribution in [-0.4, -0.2) is 58.3 Å². The highest BCUT2D eigenvalue weighted by atomic mass is 127. The van der Waals surface area contributed by atoms with Crippen LogP contribution >= 0.6 is 24.0 Å². The molecular weight excluding hydrogens is 477 g/mol. The van der Waals surface area contributed by atoms with Crippen LogP contribution in [-0.2, 0) is 6.54 Å². The second-order valence-corrected chi connectivity index (χ2v) is 7.45. The number of aliphatic imine (C=N–C) groups is 1. The van der Waals surface area contributed by atoms with Gasteiger partial charge in [0.25, 0.3) is 0 Å². The molecule has 0 saturated carbocycles. The Morgan fingerprint density at radius 3 is 2.66 bits per heavy atom. The number of hydrogen-bond donors (Lipinski definition) is 2. The van der Waals surface area contributed by atoms with Crippen molar-refractivity contribution >= 4 is 29.9 Å². The number of benzene rings is 1. The van der Waals surface area contributed by atoms with Crippen LogP contribution in [0.1, 0.15) is 38.9 Å². The third kappa shape index (κ3) is 7.58. The molecule has 1 aromatic carbocycles. The fourth-order valence-corrected chi connectivity index (χ4v) is 3.46. The van der Waals surface area contributed by atoms with Crippen molar-refractivity contribution in [1.82, 2.24) is 30.3 Å². The molecule has 1 aromatic heterocycles.